The highest BCUT2D eigenvalue weighted by atomic mass is 16.2. The largest absolute Gasteiger partial charge is 0.349 e. The van der Waals surface area contributed by atoms with E-state index in [2.05, 4.69) is 42.6 Å². The van der Waals surface area contributed by atoms with E-state index in [1.807, 2.05) is 4.90 Å². The average Bonchev–Trinajstić information content (AvgIpc) is 3.12. The molecule has 18 heavy (non-hydrogen) atoms. The van der Waals surface area contributed by atoms with Gasteiger partial charge in [-0.3, -0.25) is 19.2 Å². The number of hydrogen-bond donors (Lipinski definition) is 0. The molecule has 0 atom stereocenters. The molecule has 0 unspecified atom stereocenters. The summed E-state index contributed by atoms with van der Waals surface area (Å²) in [5.41, 5.74) is 0. The Hall–Kier alpha value is -1.26. The van der Waals surface area contributed by atoms with E-state index in [1.165, 1.54) is 5.96 Å². The van der Waals surface area contributed by atoms with Crippen LogP contribution in [0.2, 0.25) is 0 Å². The van der Waals surface area contributed by atoms with Gasteiger partial charge < -0.3 is 4.90 Å². The summed E-state index contributed by atoms with van der Waals surface area (Å²) in [4.78, 5) is 18.5. The summed E-state index contributed by atoms with van der Waals surface area (Å²) in [5.74, 6) is 1.95. The van der Waals surface area contributed by atoms with Crippen molar-refractivity contribution in [2.45, 2.75) is 12.8 Å². The van der Waals surface area contributed by atoms with E-state index in [4.69, 9.17) is 0 Å². The maximum absolute atomic E-state index is 12.0. The van der Waals surface area contributed by atoms with Gasteiger partial charge in [-0.2, -0.15) is 0 Å². The molecule has 1 aliphatic carbocycles. The summed E-state index contributed by atoms with van der Waals surface area (Å²) in [6.07, 6.45) is 2.21. The SMILES string of the molecule is CN(C)C(N1CCN(C(=O)C2CC2)CC1)=[N+](C)C. The predicted octanol–water partition coefficient (Wildman–Crippen LogP) is -0.270. The second-order valence-electron chi connectivity index (χ2n) is 5.68. The number of nitrogens with zero attached hydrogens (tertiary/aromatic N) is 4. The lowest BCUT2D eigenvalue weighted by molar-refractivity contribution is -0.476. The predicted molar refractivity (Wildman–Crippen MR) is 71.7 cm³/mol. The first-order valence-electron chi connectivity index (χ1n) is 6.76. The summed E-state index contributed by atoms with van der Waals surface area (Å²) < 4.78 is 2.14. The van der Waals surface area contributed by atoms with E-state index < -0.39 is 0 Å². The first kappa shape index (κ1) is 13.2. The first-order valence-corrected chi connectivity index (χ1v) is 6.76. The molecule has 0 bridgehead atoms. The monoisotopic (exact) mass is 253 g/mol. The van der Waals surface area contributed by atoms with Crippen molar-refractivity contribution < 1.29 is 9.37 Å². The summed E-state index contributed by atoms with van der Waals surface area (Å²) in [6, 6.07) is 0. The number of rotatable bonds is 1. The Morgan fingerprint density at radius 3 is 1.94 bits per heavy atom. The van der Waals surface area contributed by atoms with Crippen molar-refractivity contribution in [2.24, 2.45) is 5.92 Å². The minimum atomic E-state index is 0.350. The molecule has 0 aromatic carbocycles. The van der Waals surface area contributed by atoms with Crippen molar-refractivity contribution in [2.75, 3.05) is 54.4 Å². The third-order valence-electron chi connectivity index (χ3n) is 3.60. The van der Waals surface area contributed by atoms with Gasteiger partial charge in [-0.15, -0.1) is 0 Å². The highest BCUT2D eigenvalue weighted by Gasteiger charge is 2.36. The van der Waals surface area contributed by atoms with Crippen LogP contribution in [0.3, 0.4) is 0 Å². The Morgan fingerprint density at radius 2 is 1.56 bits per heavy atom. The Bertz CT molecular complexity index is 348. The van der Waals surface area contributed by atoms with Crippen molar-refractivity contribution in [1.82, 2.24) is 14.7 Å². The van der Waals surface area contributed by atoms with Crippen LogP contribution in [-0.2, 0) is 4.79 Å². The maximum Gasteiger partial charge on any atom is 0.349 e. The fourth-order valence-corrected chi connectivity index (χ4v) is 2.68. The van der Waals surface area contributed by atoms with E-state index in [-0.39, 0.29) is 0 Å². The van der Waals surface area contributed by atoms with Crippen molar-refractivity contribution in [3.63, 3.8) is 0 Å². The van der Waals surface area contributed by atoms with Gasteiger partial charge in [0.2, 0.25) is 5.91 Å². The molecule has 0 radical (unpaired) electrons. The fraction of sp³-hybridized carbons (Fsp3) is 0.846. The van der Waals surface area contributed by atoms with Crippen molar-refractivity contribution in [3.05, 3.63) is 0 Å². The molecule has 2 rings (SSSR count). The van der Waals surface area contributed by atoms with Crippen LogP contribution in [-0.4, -0.2) is 85.5 Å². The number of carbonyl (C=O) groups excluding carboxylic acids is 1. The zero-order chi connectivity index (χ0) is 13.3. The number of amides is 1. The van der Waals surface area contributed by atoms with Crippen molar-refractivity contribution in [1.29, 1.82) is 0 Å². The van der Waals surface area contributed by atoms with Gasteiger partial charge in [-0.05, 0) is 12.8 Å². The van der Waals surface area contributed by atoms with Gasteiger partial charge >= 0.3 is 5.96 Å². The van der Waals surface area contributed by atoms with Gasteiger partial charge in [-0.1, -0.05) is 0 Å². The van der Waals surface area contributed by atoms with E-state index in [0.717, 1.165) is 39.0 Å². The molecule has 2 fully saturated rings. The standard InChI is InChI=1S/C13H25N4O/c1-14(2)13(15(3)4)17-9-7-16(8-10-17)12(18)11-5-6-11/h11H,5-10H2,1-4H3/q+1. The lowest BCUT2D eigenvalue weighted by atomic mass is 10.2. The molecule has 5 heteroatoms. The molecule has 0 spiro atoms. The molecule has 1 amide bonds. The van der Waals surface area contributed by atoms with Crippen LogP contribution >= 0.6 is 0 Å². The van der Waals surface area contributed by atoms with Crippen LogP contribution in [0.15, 0.2) is 0 Å². The summed E-state index contributed by atoms with van der Waals surface area (Å²) >= 11 is 0. The minimum Gasteiger partial charge on any atom is -0.336 e. The second kappa shape index (κ2) is 5.16. The Morgan fingerprint density at radius 1 is 1.06 bits per heavy atom. The fourth-order valence-electron chi connectivity index (χ4n) is 2.68. The molecule has 2 aliphatic rings. The second-order valence-corrected chi connectivity index (χ2v) is 5.68. The van der Waals surface area contributed by atoms with E-state index >= 15 is 0 Å². The molecule has 102 valence electrons. The van der Waals surface area contributed by atoms with Gasteiger partial charge in [-0.25, -0.2) is 0 Å². The van der Waals surface area contributed by atoms with Gasteiger partial charge in [0.05, 0.1) is 54.4 Å². The van der Waals surface area contributed by atoms with Crippen LogP contribution < -0.4 is 0 Å². The van der Waals surface area contributed by atoms with Gasteiger partial charge in [0.1, 0.15) is 0 Å². The summed E-state index contributed by atoms with van der Waals surface area (Å²) in [6.45, 7) is 3.59. The average molecular weight is 253 g/mol. The van der Waals surface area contributed by atoms with E-state index in [0.29, 0.717) is 11.8 Å². The third kappa shape index (κ3) is 2.76. The zero-order valence-corrected chi connectivity index (χ0v) is 12.0. The molecule has 1 heterocycles. The number of piperazine rings is 1. The van der Waals surface area contributed by atoms with Gasteiger partial charge in [0.15, 0.2) is 0 Å². The molecular formula is C13H25N4O+. The molecular weight excluding hydrogens is 228 g/mol. The van der Waals surface area contributed by atoms with Gasteiger partial charge in [0, 0.05) is 5.92 Å². The number of guanidine groups is 1. The molecule has 0 N–H and O–H groups in total. The molecule has 1 aliphatic heterocycles. The van der Waals surface area contributed by atoms with Crippen molar-refractivity contribution >= 4 is 11.9 Å². The molecule has 1 saturated carbocycles. The molecule has 5 nitrogen and oxygen atoms in total. The quantitative estimate of drug-likeness (QED) is 0.366. The van der Waals surface area contributed by atoms with Crippen LogP contribution in [0.5, 0.6) is 0 Å². The van der Waals surface area contributed by atoms with E-state index in [1.54, 1.807) is 0 Å². The van der Waals surface area contributed by atoms with Crippen LogP contribution in [0.1, 0.15) is 12.8 Å². The maximum atomic E-state index is 12.0. The zero-order valence-electron chi connectivity index (χ0n) is 12.0. The Balaban J connectivity index is 1.93. The summed E-state index contributed by atoms with van der Waals surface area (Å²) in [5, 5.41) is 0. The lowest BCUT2D eigenvalue weighted by Gasteiger charge is -2.34. The normalized spacial score (nSPS) is 19.8. The topological polar surface area (TPSA) is 29.8 Å². The Kier molecular flexibility index (Phi) is 3.78. The minimum absolute atomic E-state index is 0.350. The van der Waals surface area contributed by atoms with Crippen LogP contribution in [0.25, 0.3) is 0 Å². The van der Waals surface area contributed by atoms with Crippen molar-refractivity contribution in [3.8, 4) is 0 Å². The molecule has 0 aromatic heterocycles. The number of hydrogen-bond acceptors (Lipinski definition) is 1. The smallest absolute Gasteiger partial charge is 0.336 e. The lowest BCUT2D eigenvalue weighted by Crippen LogP contribution is -2.55. The summed E-state index contributed by atoms with van der Waals surface area (Å²) in [7, 11) is 8.27. The van der Waals surface area contributed by atoms with Crippen LogP contribution in [0, 0.1) is 5.92 Å². The number of carbonyl (C=O) groups is 1. The Labute approximate surface area is 110 Å². The molecule has 0 aromatic rings. The van der Waals surface area contributed by atoms with E-state index in [9.17, 15) is 4.79 Å². The molecule has 1 saturated heterocycles. The van der Waals surface area contributed by atoms with Gasteiger partial charge in [0.25, 0.3) is 0 Å². The van der Waals surface area contributed by atoms with Crippen LogP contribution in [0.4, 0.5) is 0 Å². The third-order valence-corrected chi connectivity index (χ3v) is 3.60. The highest BCUT2D eigenvalue weighted by molar-refractivity contribution is 5.81. The highest BCUT2D eigenvalue weighted by Crippen LogP contribution is 2.31. The first-order chi connectivity index (χ1) is 8.50.